The highest BCUT2D eigenvalue weighted by Crippen LogP contribution is 2.19. The van der Waals surface area contributed by atoms with E-state index in [1.165, 1.54) is 6.07 Å². The zero-order valence-corrected chi connectivity index (χ0v) is 9.98. The summed E-state index contributed by atoms with van der Waals surface area (Å²) in [6.07, 6.45) is 1.12. The lowest BCUT2D eigenvalue weighted by Gasteiger charge is -2.12. The summed E-state index contributed by atoms with van der Waals surface area (Å²) in [5.41, 5.74) is 0.712. The van der Waals surface area contributed by atoms with Crippen molar-refractivity contribution in [3.05, 3.63) is 34.1 Å². The molecule has 2 nitrogen and oxygen atoms in total. The summed E-state index contributed by atoms with van der Waals surface area (Å²) in [6.45, 7) is 2.61. The highest BCUT2D eigenvalue weighted by atomic mass is 79.9. The monoisotopic (exact) mass is 272 g/mol. The molecule has 2 N–H and O–H groups in total. The highest BCUT2D eigenvalue weighted by Gasteiger charge is 2.14. The first-order valence-corrected chi connectivity index (χ1v) is 5.93. The van der Waals surface area contributed by atoms with Crippen molar-refractivity contribution < 1.29 is 4.39 Å². The van der Waals surface area contributed by atoms with Crippen LogP contribution in [0.4, 0.5) is 4.39 Å². The summed E-state index contributed by atoms with van der Waals surface area (Å²) in [5, 5.41) is 6.62. The maximum absolute atomic E-state index is 13.4. The molecular weight excluding hydrogens is 259 g/mol. The maximum Gasteiger partial charge on any atom is 0.128 e. The minimum Gasteiger partial charge on any atom is -0.315 e. The molecule has 0 aliphatic carbocycles. The molecule has 0 amide bonds. The van der Waals surface area contributed by atoms with Gasteiger partial charge in [0.1, 0.15) is 5.82 Å². The molecule has 2 rings (SSSR count). The zero-order valence-electron chi connectivity index (χ0n) is 8.39. The molecule has 4 heteroatoms. The van der Waals surface area contributed by atoms with Crippen molar-refractivity contribution in [3.63, 3.8) is 0 Å². The Morgan fingerprint density at radius 3 is 3.07 bits per heavy atom. The molecule has 1 fully saturated rings. The Balaban J connectivity index is 1.97. The fourth-order valence-electron chi connectivity index (χ4n) is 1.78. The minimum absolute atomic E-state index is 0.150. The normalized spacial score (nSPS) is 20.8. The first-order valence-electron chi connectivity index (χ1n) is 5.14. The molecular formula is C11H14BrFN2. The fraction of sp³-hybridized carbons (Fsp3) is 0.455. The van der Waals surface area contributed by atoms with E-state index in [0.717, 1.165) is 24.0 Å². The molecule has 1 aliphatic heterocycles. The first-order chi connectivity index (χ1) is 7.27. The lowest BCUT2D eigenvalue weighted by molar-refractivity contribution is 0.525. The Kier molecular flexibility index (Phi) is 3.72. The Morgan fingerprint density at radius 2 is 2.40 bits per heavy atom. The lowest BCUT2D eigenvalue weighted by atomic mass is 10.2. The Morgan fingerprint density at radius 1 is 1.53 bits per heavy atom. The number of hydrogen-bond acceptors (Lipinski definition) is 2. The zero-order chi connectivity index (χ0) is 10.7. The topological polar surface area (TPSA) is 24.1 Å². The predicted molar refractivity (Wildman–Crippen MR) is 62.2 cm³/mol. The maximum atomic E-state index is 13.4. The molecule has 0 radical (unpaired) electrons. The molecule has 1 unspecified atom stereocenters. The van der Waals surface area contributed by atoms with Gasteiger partial charge in [-0.2, -0.15) is 0 Å². The van der Waals surface area contributed by atoms with Crippen molar-refractivity contribution in [2.45, 2.75) is 19.0 Å². The van der Waals surface area contributed by atoms with Crippen LogP contribution >= 0.6 is 15.9 Å². The summed E-state index contributed by atoms with van der Waals surface area (Å²) in [5.74, 6) is -0.150. The molecule has 82 valence electrons. The van der Waals surface area contributed by atoms with E-state index in [2.05, 4.69) is 26.6 Å². The van der Waals surface area contributed by atoms with Crippen LogP contribution in [0.5, 0.6) is 0 Å². The minimum atomic E-state index is -0.150. The number of benzene rings is 1. The van der Waals surface area contributed by atoms with Crippen molar-refractivity contribution in [1.29, 1.82) is 0 Å². The summed E-state index contributed by atoms with van der Waals surface area (Å²) >= 11 is 3.36. The number of halogens is 2. The van der Waals surface area contributed by atoms with Gasteiger partial charge in [0.15, 0.2) is 0 Å². The second-order valence-corrected chi connectivity index (χ2v) is 4.63. The lowest BCUT2D eigenvalue weighted by Crippen LogP contribution is -2.30. The van der Waals surface area contributed by atoms with Crippen LogP contribution < -0.4 is 10.6 Å². The van der Waals surface area contributed by atoms with Crippen molar-refractivity contribution >= 4 is 15.9 Å². The van der Waals surface area contributed by atoms with E-state index in [9.17, 15) is 4.39 Å². The fourth-order valence-corrected chi connectivity index (χ4v) is 2.26. The van der Waals surface area contributed by atoms with Crippen LogP contribution in [0.3, 0.4) is 0 Å². The SMILES string of the molecule is Fc1cccc(Br)c1CNC1CCNC1. The summed E-state index contributed by atoms with van der Waals surface area (Å²) in [7, 11) is 0. The molecule has 1 aromatic carbocycles. The standard InChI is InChI=1S/C11H14BrFN2/c12-10-2-1-3-11(13)9(10)7-15-8-4-5-14-6-8/h1-3,8,14-15H,4-7H2. The van der Waals surface area contributed by atoms with Gasteiger partial charge >= 0.3 is 0 Å². The van der Waals surface area contributed by atoms with Crippen LogP contribution in [0.15, 0.2) is 22.7 Å². The van der Waals surface area contributed by atoms with Crippen LogP contribution in [-0.2, 0) is 6.54 Å². The number of rotatable bonds is 3. The average Bonchev–Trinajstić information content (AvgIpc) is 2.70. The summed E-state index contributed by atoms with van der Waals surface area (Å²) in [4.78, 5) is 0. The molecule has 0 saturated carbocycles. The number of nitrogens with one attached hydrogen (secondary N) is 2. The van der Waals surface area contributed by atoms with Crippen molar-refractivity contribution in [3.8, 4) is 0 Å². The second-order valence-electron chi connectivity index (χ2n) is 3.77. The van der Waals surface area contributed by atoms with E-state index in [0.29, 0.717) is 18.2 Å². The molecule has 1 aliphatic rings. The van der Waals surface area contributed by atoms with E-state index in [-0.39, 0.29) is 5.82 Å². The van der Waals surface area contributed by atoms with Crippen molar-refractivity contribution in [2.24, 2.45) is 0 Å². The van der Waals surface area contributed by atoms with E-state index >= 15 is 0 Å². The smallest absolute Gasteiger partial charge is 0.128 e. The van der Waals surface area contributed by atoms with Crippen molar-refractivity contribution in [1.82, 2.24) is 10.6 Å². The Bertz CT molecular complexity index is 317. The van der Waals surface area contributed by atoms with Gasteiger partial charge in [0.2, 0.25) is 0 Å². The van der Waals surface area contributed by atoms with Crippen LogP contribution in [0.1, 0.15) is 12.0 Å². The van der Waals surface area contributed by atoms with Crippen LogP contribution in [0.25, 0.3) is 0 Å². The molecule has 15 heavy (non-hydrogen) atoms. The van der Waals surface area contributed by atoms with Crippen LogP contribution in [0.2, 0.25) is 0 Å². The Labute approximate surface area is 97.4 Å². The number of hydrogen-bond donors (Lipinski definition) is 2. The molecule has 0 spiro atoms. The van der Waals surface area contributed by atoms with Crippen LogP contribution in [0, 0.1) is 5.82 Å². The third kappa shape index (κ3) is 2.77. The van der Waals surface area contributed by atoms with Gasteiger partial charge in [-0.05, 0) is 25.1 Å². The molecule has 1 atom stereocenters. The first kappa shape index (κ1) is 11.0. The van der Waals surface area contributed by atoms with Gasteiger partial charge < -0.3 is 10.6 Å². The van der Waals surface area contributed by atoms with Gasteiger partial charge in [-0.1, -0.05) is 22.0 Å². The van der Waals surface area contributed by atoms with Crippen molar-refractivity contribution in [2.75, 3.05) is 13.1 Å². The molecule has 0 bridgehead atoms. The quantitative estimate of drug-likeness (QED) is 0.880. The Hall–Kier alpha value is -0.450. The molecule has 0 aromatic heterocycles. The summed E-state index contributed by atoms with van der Waals surface area (Å²) in [6, 6.07) is 5.54. The van der Waals surface area contributed by atoms with Gasteiger partial charge in [0, 0.05) is 29.2 Å². The second kappa shape index (κ2) is 5.05. The summed E-state index contributed by atoms with van der Waals surface area (Å²) < 4.78 is 14.3. The van der Waals surface area contributed by atoms with E-state index in [1.807, 2.05) is 6.07 Å². The molecule has 1 saturated heterocycles. The van der Waals surface area contributed by atoms with E-state index in [1.54, 1.807) is 6.07 Å². The van der Waals surface area contributed by atoms with Gasteiger partial charge in [-0.25, -0.2) is 4.39 Å². The van der Waals surface area contributed by atoms with Gasteiger partial charge in [0.25, 0.3) is 0 Å². The van der Waals surface area contributed by atoms with Gasteiger partial charge in [-0.3, -0.25) is 0 Å². The van der Waals surface area contributed by atoms with Crippen LogP contribution in [-0.4, -0.2) is 19.1 Å². The predicted octanol–water partition coefficient (Wildman–Crippen LogP) is 2.04. The molecule has 1 heterocycles. The largest absolute Gasteiger partial charge is 0.315 e. The van der Waals surface area contributed by atoms with Gasteiger partial charge in [-0.15, -0.1) is 0 Å². The van der Waals surface area contributed by atoms with E-state index < -0.39 is 0 Å². The third-order valence-corrected chi connectivity index (χ3v) is 3.43. The third-order valence-electron chi connectivity index (χ3n) is 2.69. The van der Waals surface area contributed by atoms with Gasteiger partial charge in [0.05, 0.1) is 0 Å². The molecule has 1 aromatic rings. The van der Waals surface area contributed by atoms with E-state index in [4.69, 9.17) is 0 Å². The highest BCUT2D eigenvalue weighted by molar-refractivity contribution is 9.10. The average molecular weight is 273 g/mol.